The lowest BCUT2D eigenvalue weighted by molar-refractivity contribution is 0.0792. The van der Waals surface area contributed by atoms with Crippen LogP contribution in [0.5, 0.6) is 0 Å². The van der Waals surface area contributed by atoms with Crippen molar-refractivity contribution in [2.45, 2.75) is 12.8 Å². The van der Waals surface area contributed by atoms with Gasteiger partial charge in [0.05, 0.1) is 0 Å². The number of carbonyl (C=O) groups is 2. The lowest BCUT2D eigenvalue weighted by Gasteiger charge is -2.16. The highest BCUT2D eigenvalue weighted by atomic mass is 79.9. The summed E-state index contributed by atoms with van der Waals surface area (Å²) >= 11 is 8.28. The molecular formula is C17H16BrN3O3S. The third-order valence-electron chi connectivity index (χ3n) is 3.78. The molecule has 2 amide bonds. The predicted octanol–water partition coefficient (Wildman–Crippen LogP) is 3.40. The Morgan fingerprint density at radius 1 is 1.16 bits per heavy atom. The van der Waals surface area contributed by atoms with Gasteiger partial charge in [-0.3, -0.25) is 14.9 Å². The van der Waals surface area contributed by atoms with Crippen LogP contribution in [0.15, 0.2) is 45.5 Å². The van der Waals surface area contributed by atoms with Crippen LogP contribution in [0.25, 0.3) is 0 Å². The zero-order valence-electron chi connectivity index (χ0n) is 13.3. The first-order valence-electron chi connectivity index (χ1n) is 7.80. The fourth-order valence-corrected chi connectivity index (χ4v) is 3.11. The maximum Gasteiger partial charge on any atom is 0.293 e. The van der Waals surface area contributed by atoms with Gasteiger partial charge in [0.15, 0.2) is 15.5 Å². The Morgan fingerprint density at radius 3 is 2.60 bits per heavy atom. The summed E-state index contributed by atoms with van der Waals surface area (Å²) in [5, 5.41) is 5.57. The van der Waals surface area contributed by atoms with Crippen molar-refractivity contribution < 1.29 is 14.0 Å². The van der Waals surface area contributed by atoms with E-state index < -0.39 is 5.91 Å². The summed E-state index contributed by atoms with van der Waals surface area (Å²) in [5.74, 6) is -0.293. The fourth-order valence-electron chi connectivity index (χ4n) is 2.60. The number of nitrogens with zero attached hydrogens (tertiary/aromatic N) is 1. The number of nitrogens with one attached hydrogen (secondary N) is 2. The molecule has 0 saturated carbocycles. The quantitative estimate of drug-likeness (QED) is 0.742. The number of thiocarbonyl (C=S) groups is 1. The van der Waals surface area contributed by atoms with Gasteiger partial charge in [0, 0.05) is 24.3 Å². The van der Waals surface area contributed by atoms with E-state index in [1.807, 2.05) is 4.90 Å². The second-order valence-corrected chi connectivity index (χ2v) is 6.78. The molecule has 0 radical (unpaired) electrons. The van der Waals surface area contributed by atoms with Crippen LogP contribution < -0.4 is 10.6 Å². The van der Waals surface area contributed by atoms with Crippen molar-refractivity contribution in [2.24, 2.45) is 0 Å². The number of likely N-dealkylation sites (tertiary alicyclic amines) is 1. The van der Waals surface area contributed by atoms with E-state index in [2.05, 4.69) is 26.6 Å². The number of hydrogen-bond acceptors (Lipinski definition) is 4. The van der Waals surface area contributed by atoms with E-state index in [1.54, 1.807) is 30.3 Å². The van der Waals surface area contributed by atoms with E-state index in [0.717, 1.165) is 25.9 Å². The molecule has 0 spiro atoms. The molecule has 1 aliphatic heterocycles. The minimum Gasteiger partial charge on any atom is -0.444 e. The zero-order valence-corrected chi connectivity index (χ0v) is 15.7. The summed E-state index contributed by atoms with van der Waals surface area (Å²) < 4.78 is 5.63. The highest BCUT2D eigenvalue weighted by Crippen LogP contribution is 2.17. The highest BCUT2D eigenvalue weighted by Gasteiger charge is 2.19. The highest BCUT2D eigenvalue weighted by molar-refractivity contribution is 9.10. The Labute approximate surface area is 158 Å². The van der Waals surface area contributed by atoms with E-state index in [4.69, 9.17) is 16.6 Å². The van der Waals surface area contributed by atoms with Gasteiger partial charge in [-0.1, -0.05) is 6.07 Å². The fraction of sp³-hybridized carbons (Fsp3) is 0.235. The molecule has 25 heavy (non-hydrogen) atoms. The first-order chi connectivity index (χ1) is 12.0. The Bertz CT molecular complexity index is 815. The number of rotatable bonds is 3. The number of anilines is 1. The van der Waals surface area contributed by atoms with Crippen molar-refractivity contribution in [3.63, 3.8) is 0 Å². The molecule has 6 nitrogen and oxygen atoms in total. The smallest absolute Gasteiger partial charge is 0.293 e. The molecule has 1 aromatic carbocycles. The van der Waals surface area contributed by atoms with Gasteiger partial charge in [0.25, 0.3) is 11.8 Å². The normalized spacial score (nSPS) is 13.6. The molecule has 0 bridgehead atoms. The van der Waals surface area contributed by atoms with Crippen molar-refractivity contribution in [2.75, 3.05) is 18.4 Å². The molecule has 0 aliphatic carbocycles. The van der Waals surface area contributed by atoms with E-state index in [1.165, 1.54) is 6.07 Å². The van der Waals surface area contributed by atoms with Gasteiger partial charge in [0.1, 0.15) is 0 Å². The molecule has 0 atom stereocenters. The second kappa shape index (κ2) is 7.79. The number of furan rings is 1. The average molecular weight is 422 g/mol. The van der Waals surface area contributed by atoms with E-state index in [-0.39, 0.29) is 16.8 Å². The molecule has 1 aliphatic rings. The van der Waals surface area contributed by atoms with Crippen LogP contribution in [0.2, 0.25) is 0 Å². The summed E-state index contributed by atoms with van der Waals surface area (Å²) in [7, 11) is 0. The minimum absolute atomic E-state index is 0.0107. The predicted molar refractivity (Wildman–Crippen MR) is 102 cm³/mol. The average Bonchev–Trinajstić information content (AvgIpc) is 3.25. The number of amides is 2. The Balaban J connectivity index is 1.62. The zero-order chi connectivity index (χ0) is 17.8. The second-order valence-electron chi connectivity index (χ2n) is 5.59. The molecule has 2 aromatic rings. The molecule has 1 saturated heterocycles. The number of halogens is 1. The Kier molecular flexibility index (Phi) is 5.50. The summed E-state index contributed by atoms with van der Waals surface area (Å²) in [5.41, 5.74) is 1.23. The molecule has 8 heteroatoms. The number of benzene rings is 1. The van der Waals surface area contributed by atoms with Gasteiger partial charge in [-0.25, -0.2) is 0 Å². The topological polar surface area (TPSA) is 74.6 Å². The number of hydrogen-bond donors (Lipinski definition) is 2. The van der Waals surface area contributed by atoms with Crippen LogP contribution in [0.4, 0.5) is 5.69 Å². The van der Waals surface area contributed by atoms with Crippen molar-refractivity contribution in [3.8, 4) is 0 Å². The maximum atomic E-state index is 12.4. The minimum atomic E-state index is -0.451. The van der Waals surface area contributed by atoms with Gasteiger partial charge in [-0.2, -0.15) is 0 Å². The van der Waals surface area contributed by atoms with E-state index in [0.29, 0.717) is 15.9 Å². The summed E-state index contributed by atoms with van der Waals surface area (Å²) in [4.78, 5) is 26.3. The van der Waals surface area contributed by atoms with Gasteiger partial charge in [-0.15, -0.1) is 0 Å². The van der Waals surface area contributed by atoms with Crippen LogP contribution in [-0.2, 0) is 0 Å². The van der Waals surface area contributed by atoms with E-state index >= 15 is 0 Å². The molecule has 3 rings (SSSR count). The van der Waals surface area contributed by atoms with Crippen molar-refractivity contribution in [1.29, 1.82) is 0 Å². The van der Waals surface area contributed by atoms with Crippen molar-refractivity contribution >= 4 is 50.8 Å². The SMILES string of the molecule is O=C(NC(=S)Nc1cccc(C(=O)N2CCCC2)c1)c1ccc(Br)o1. The molecule has 2 heterocycles. The first-order valence-corrected chi connectivity index (χ1v) is 9.00. The molecule has 130 valence electrons. The number of carbonyl (C=O) groups excluding carboxylic acids is 2. The largest absolute Gasteiger partial charge is 0.444 e. The standard InChI is InChI=1S/C17H16BrN3O3S/c18-14-7-6-13(24-14)15(22)20-17(25)19-12-5-3-4-11(10-12)16(23)21-8-1-2-9-21/h3-7,10H,1-2,8-9H2,(H2,19,20,22,25). The maximum absolute atomic E-state index is 12.4. The molecule has 0 unspecified atom stereocenters. The molecular weight excluding hydrogens is 406 g/mol. The third kappa shape index (κ3) is 4.46. The van der Waals surface area contributed by atoms with Gasteiger partial charge in [0.2, 0.25) is 0 Å². The van der Waals surface area contributed by atoms with Crippen molar-refractivity contribution in [1.82, 2.24) is 10.2 Å². The lowest BCUT2D eigenvalue weighted by Crippen LogP contribution is -2.34. The van der Waals surface area contributed by atoms with Gasteiger partial charge in [-0.05, 0) is 71.3 Å². The van der Waals surface area contributed by atoms with Crippen LogP contribution in [0, 0.1) is 0 Å². The van der Waals surface area contributed by atoms with Crippen LogP contribution in [0.1, 0.15) is 33.8 Å². The van der Waals surface area contributed by atoms with Crippen molar-refractivity contribution in [3.05, 3.63) is 52.4 Å². The van der Waals surface area contributed by atoms with E-state index in [9.17, 15) is 9.59 Å². The third-order valence-corrected chi connectivity index (χ3v) is 4.42. The monoisotopic (exact) mass is 421 g/mol. The van der Waals surface area contributed by atoms with Crippen LogP contribution in [0.3, 0.4) is 0 Å². The summed E-state index contributed by atoms with van der Waals surface area (Å²) in [6, 6.07) is 10.2. The summed E-state index contributed by atoms with van der Waals surface area (Å²) in [6.45, 7) is 1.59. The summed E-state index contributed by atoms with van der Waals surface area (Å²) in [6.07, 6.45) is 2.09. The van der Waals surface area contributed by atoms with Crippen LogP contribution >= 0.6 is 28.1 Å². The Morgan fingerprint density at radius 2 is 1.92 bits per heavy atom. The van der Waals surface area contributed by atoms with Crippen LogP contribution in [-0.4, -0.2) is 34.9 Å². The molecule has 1 fully saturated rings. The molecule has 1 aromatic heterocycles. The Hall–Kier alpha value is -2.19. The van der Waals surface area contributed by atoms with Gasteiger partial charge >= 0.3 is 0 Å². The lowest BCUT2D eigenvalue weighted by atomic mass is 10.2. The molecule has 2 N–H and O–H groups in total. The van der Waals surface area contributed by atoms with Gasteiger partial charge < -0.3 is 14.6 Å². The first kappa shape index (κ1) is 17.6.